The highest BCUT2D eigenvalue weighted by atomic mass is 16.2. The van der Waals surface area contributed by atoms with Gasteiger partial charge in [-0.3, -0.25) is 9.78 Å². The lowest BCUT2D eigenvalue weighted by molar-refractivity contribution is -0.918. The number of hydrazone groups is 1. The number of piperidine rings is 2. The minimum Gasteiger partial charge on any atom is -0.328 e. The Balaban J connectivity index is 1.52. The third-order valence-electron chi connectivity index (χ3n) is 6.43. The number of carbonyl (C=O) groups excluding carboxylic acids is 1. The zero-order valence-electron chi connectivity index (χ0n) is 15.3. The number of benzene rings is 1. The summed E-state index contributed by atoms with van der Waals surface area (Å²) in [5.41, 5.74) is 5.87. The lowest BCUT2D eigenvalue weighted by atomic mass is 9.66. The van der Waals surface area contributed by atoms with Crippen LogP contribution in [0, 0.1) is 5.92 Å². The van der Waals surface area contributed by atoms with Gasteiger partial charge in [-0.2, -0.15) is 5.10 Å². The van der Waals surface area contributed by atoms with Gasteiger partial charge in [0.1, 0.15) is 18.5 Å². The first kappa shape index (κ1) is 16.6. The number of amides is 1. The summed E-state index contributed by atoms with van der Waals surface area (Å²) in [6, 6.07) is 14.2. The number of quaternary nitrogens is 2. The van der Waals surface area contributed by atoms with E-state index in [1.165, 1.54) is 24.4 Å². The van der Waals surface area contributed by atoms with Crippen LogP contribution in [0.2, 0.25) is 0 Å². The summed E-state index contributed by atoms with van der Waals surface area (Å²) < 4.78 is 0. The number of fused-ring (bicyclic) bond motifs is 1. The molecule has 4 saturated heterocycles. The van der Waals surface area contributed by atoms with E-state index in [0.717, 1.165) is 26.2 Å². The average Bonchev–Trinajstić information content (AvgIpc) is 2.96. The molecule has 4 bridgehead atoms. The van der Waals surface area contributed by atoms with Crippen LogP contribution in [-0.2, 0) is 5.41 Å². The second-order valence-electron chi connectivity index (χ2n) is 8.08. The Hall–Kier alpha value is -2.57. The van der Waals surface area contributed by atoms with E-state index in [-0.39, 0.29) is 11.3 Å². The predicted octanol–water partition coefficient (Wildman–Crippen LogP) is -1.47. The van der Waals surface area contributed by atoms with Gasteiger partial charge in [0.15, 0.2) is 0 Å². The van der Waals surface area contributed by atoms with Crippen LogP contribution >= 0.6 is 0 Å². The zero-order chi connectivity index (χ0) is 18.3. The quantitative estimate of drug-likeness (QED) is 0.584. The molecular weight excluding hydrogens is 338 g/mol. The van der Waals surface area contributed by atoms with Crippen LogP contribution in [0.4, 0.5) is 0 Å². The lowest BCUT2D eigenvalue weighted by Crippen LogP contribution is -3.17. The van der Waals surface area contributed by atoms with Crippen molar-refractivity contribution in [2.24, 2.45) is 11.0 Å². The van der Waals surface area contributed by atoms with E-state index >= 15 is 0 Å². The van der Waals surface area contributed by atoms with Gasteiger partial charge < -0.3 is 9.80 Å². The van der Waals surface area contributed by atoms with Crippen LogP contribution in [0.25, 0.3) is 0 Å². The SMILES string of the molecule is O=C(NN=C1C2C[NH+]3CC[NH+](C2)CC1(c1ccccc1)C3)c1ccncc1. The monoisotopic (exact) mass is 363 g/mol. The molecule has 4 fully saturated rings. The number of rotatable bonds is 3. The Bertz CT molecular complexity index is 851. The molecule has 138 valence electrons. The van der Waals surface area contributed by atoms with Crippen LogP contribution in [0.1, 0.15) is 15.9 Å². The molecule has 1 aromatic carbocycles. The van der Waals surface area contributed by atoms with Crippen molar-refractivity contribution in [2.75, 3.05) is 39.3 Å². The summed E-state index contributed by atoms with van der Waals surface area (Å²) >= 11 is 0. The first-order valence-corrected chi connectivity index (χ1v) is 9.76. The van der Waals surface area contributed by atoms with E-state index < -0.39 is 0 Å². The molecule has 1 amide bonds. The van der Waals surface area contributed by atoms with Crippen LogP contribution in [-0.4, -0.2) is 55.9 Å². The molecular formula is C21H25N5O+2. The molecule has 4 aliphatic rings. The van der Waals surface area contributed by atoms with E-state index in [1.54, 1.807) is 34.3 Å². The van der Waals surface area contributed by atoms with Crippen LogP contribution < -0.4 is 15.2 Å². The highest BCUT2D eigenvalue weighted by Crippen LogP contribution is 2.31. The molecule has 2 atom stereocenters. The van der Waals surface area contributed by atoms with Gasteiger partial charge in [-0.25, -0.2) is 5.43 Å². The zero-order valence-corrected chi connectivity index (χ0v) is 15.3. The fraction of sp³-hybridized carbons (Fsp3) is 0.381. The molecule has 2 unspecified atom stereocenters. The Morgan fingerprint density at radius 1 is 1.04 bits per heavy atom. The normalized spacial score (nSPS) is 33.0. The molecule has 6 heteroatoms. The summed E-state index contributed by atoms with van der Waals surface area (Å²) in [7, 11) is 0. The molecule has 0 radical (unpaired) electrons. The Kier molecular flexibility index (Phi) is 4.02. The van der Waals surface area contributed by atoms with Gasteiger partial charge in [0, 0.05) is 18.0 Å². The van der Waals surface area contributed by atoms with Crippen LogP contribution in [0.3, 0.4) is 0 Å². The molecule has 3 N–H and O–H groups in total. The summed E-state index contributed by atoms with van der Waals surface area (Å²) in [5.74, 6) is 0.262. The van der Waals surface area contributed by atoms with Crippen LogP contribution in [0.5, 0.6) is 0 Å². The molecule has 0 spiro atoms. The molecule has 1 aromatic heterocycles. The van der Waals surface area contributed by atoms with Crippen LogP contribution in [0.15, 0.2) is 60.0 Å². The molecule has 2 aromatic rings. The minimum absolute atomic E-state index is 0.0743. The minimum atomic E-state index is -0.167. The summed E-state index contributed by atoms with van der Waals surface area (Å²) in [6.07, 6.45) is 3.27. The predicted molar refractivity (Wildman–Crippen MR) is 102 cm³/mol. The molecule has 0 saturated carbocycles. The first-order valence-electron chi connectivity index (χ1n) is 9.76. The smallest absolute Gasteiger partial charge is 0.271 e. The number of nitrogens with zero attached hydrogens (tertiary/aromatic N) is 2. The Morgan fingerprint density at radius 2 is 1.70 bits per heavy atom. The van der Waals surface area contributed by atoms with Gasteiger partial charge in [-0.15, -0.1) is 0 Å². The fourth-order valence-corrected chi connectivity index (χ4v) is 5.32. The largest absolute Gasteiger partial charge is 0.328 e. The van der Waals surface area contributed by atoms with E-state index in [9.17, 15) is 4.79 Å². The number of hydrogen-bond acceptors (Lipinski definition) is 3. The summed E-state index contributed by atoms with van der Waals surface area (Å²) in [4.78, 5) is 19.9. The number of pyridine rings is 1. The molecule has 5 heterocycles. The second-order valence-corrected chi connectivity index (χ2v) is 8.08. The van der Waals surface area contributed by atoms with Gasteiger partial charge in [-0.05, 0) is 17.7 Å². The van der Waals surface area contributed by atoms with E-state index in [1.807, 2.05) is 0 Å². The first-order chi connectivity index (χ1) is 13.2. The second kappa shape index (κ2) is 6.55. The van der Waals surface area contributed by atoms with Crippen molar-refractivity contribution in [3.05, 3.63) is 66.0 Å². The van der Waals surface area contributed by atoms with Crippen molar-refractivity contribution in [1.82, 2.24) is 10.4 Å². The molecule has 4 aliphatic heterocycles. The standard InChI is InChI=1S/C21H23N5O/c27-20(16-6-8-22-9-7-16)24-23-19-17-12-25-10-11-26(13-17)15-21(19,14-25)18-4-2-1-3-5-18/h1-9,17H,10-15H2,(H,24,27)/p+2. The third kappa shape index (κ3) is 2.85. The van der Waals surface area contributed by atoms with Crippen molar-refractivity contribution in [2.45, 2.75) is 5.41 Å². The Labute approximate surface area is 158 Å². The molecule has 6 nitrogen and oxygen atoms in total. The molecule has 6 rings (SSSR count). The Morgan fingerprint density at radius 3 is 2.37 bits per heavy atom. The van der Waals surface area contributed by atoms with Crippen molar-refractivity contribution in [3.8, 4) is 0 Å². The molecule has 0 aliphatic carbocycles. The van der Waals surface area contributed by atoms with Gasteiger partial charge >= 0.3 is 0 Å². The lowest BCUT2D eigenvalue weighted by Gasteiger charge is -2.46. The number of nitrogens with one attached hydrogen (secondary N) is 3. The number of carbonyl (C=O) groups is 1. The van der Waals surface area contributed by atoms with Gasteiger partial charge in [0.25, 0.3) is 5.91 Å². The highest BCUT2D eigenvalue weighted by Gasteiger charge is 2.58. The third-order valence-corrected chi connectivity index (χ3v) is 6.43. The van der Waals surface area contributed by atoms with E-state index in [0.29, 0.717) is 11.5 Å². The van der Waals surface area contributed by atoms with Gasteiger partial charge in [-0.1, -0.05) is 30.3 Å². The summed E-state index contributed by atoms with van der Waals surface area (Å²) in [5, 5.41) is 4.76. The van der Waals surface area contributed by atoms with E-state index in [4.69, 9.17) is 5.10 Å². The maximum atomic E-state index is 12.5. The maximum Gasteiger partial charge on any atom is 0.271 e. The van der Waals surface area contributed by atoms with E-state index in [2.05, 4.69) is 40.7 Å². The number of hydrogen-bond donors (Lipinski definition) is 3. The molecule has 27 heavy (non-hydrogen) atoms. The van der Waals surface area contributed by atoms with Gasteiger partial charge in [0.05, 0.1) is 37.8 Å². The van der Waals surface area contributed by atoms with Crippen molar-refractivity contribution in [1.29, 1.82) is 0 Å². The highest BCUT2D eigenvalue weighted by molar-refractivity contribution is 6.00. The fourth-order valence-electron chi connectivity index (χ4n) is 5.32. The van der Waals surface area contributed by atoms with Crippen molar-refractivity contribution < 1.29 is 14.6 Å². The maximum absolute atomic E-state index is 12.5. The average molecular weight is 363 g/mol. The summed E-state index contributed by atoms with van der Waals surface area (Å²) in [6.45, 7) is 6.86. The number of aromatic nitrogens is 1. The van der Waals surface area contributed by atoms with Crippen molar-refractivity contribution >= 4 is 11.6 Å². The van der Waals surface area contributed by atoms with Crippen molar-refractivity contribution in [3.63, 3.8) is 0 Å². The topological polar surface area (TPSA) is 63.2 Å². The van der Waals surface area contributed by atoms with Gasteiger partial charge in [0.2, 0.25) is 0 Å².